The summed E-state index contributed by atoms with van der Waals surface area (Å²) in [7, 11) is 1.35. The van der Waals surface area contributed by atoms with Gasteiger partial charge in [0.15, 0.2) is 0 Å². The van der Waals surface area contributed by atoms with Crippen molar-refractivity contribution >= 4 is 23.6 Å². The van der Waals surface area contributed by atoms with Crippen molar-refractivity contribution in [2.75, 3.05) is 25.2 Å². The zero-order valence-electron chi connectivity index (χ0n) is 11.5. The predicted molar refractivity (Wildman–Crippen MR) is 80.5 cm³/mol. The van der Waals surface area contributed by atoms with E-state index >= 15 is 0 Å². The van der Waals surface area contributed by atoms with E-state index in [0.29, 0.717) is 24.5 Å². The van der Waals surface area contributed by atoms with E-state index < -0.39 is 6.04 Å². The van der Waals surface area contributed by atoms with Crippen molar-refractivity contribution in [3.63, 3.8) is 0 Å². The van der Waals surface area contributed by atoms with Crippen LogP contribution in [0.4, 0.5) is 0 Å². The standard InChI is InChI=1S/C14H20N2O3S/c1-19-13(17)10-20-8-7-16-14(18)12(15)9-11-5-3-2-4-6-11/h2-6,12H,7-10,15H2,1H3,(H,16,18)/t12-/m0/s1. The van der Waals surface area contributed by atoms with E-state index in [4.69, 9.17) is 5.73 Å². The normalized spacial score (nSPS) is 11.7. The zero-order valence-corrected chi connectivity index (χ0v) is 12.3. The zero-order chi connectivity index (χ0) is 14.8. The van der Waals surface area contributed by atoms with Crippen LogP contribution in [-0.4, -0.2) is 43.1 Å². The largest absolute Gasteiger partial charge is 0.468 e. The highest BCUT2D eigenvalue weighted by atomic mass is 32.2. The lowest BCUT2D eigenvalue weighted by molar-refractivity contribution is -0.137. The predicted octanol–water partition coefficient (Wildman–Crippen LogP) is 0.579. The number of carbonyl (C=O) groups excluding carboxylic acids is 2. The number of amides is 1. The van der Waals surface area contributed by atoms with Crippen LogP contribution in [0.5, 0.6) is 0 Å². The first-order chi connectivity index (χ1) is 9.63. The van der Waals surface area contributed by atoms with Crippen LogP contribution in [0.1, 0.15) is 5.56 Å². The van der Waals surface area contributed by atoms with Crippen LogP contribution >= 0.6 is 11.8 Å². The average molecular weight is 296 g/mol. The maximum atomic E-state index is 11.8. The lowest BCUT2D eigenvalue weighted by atomic mass is 10.1. The molecule has 0 saturated carbocycles. The van der Waals surface area contributed by atoms with Crippen LogP contribution in [0.2, 0.25) is 0 Å². The van der Waals surface area contributed by atoms with Crippen molar-refractivity contribution in [3.8, 4) is 0 Å². The Kier molecular flexibility index (Phi) is 7.75. The SMILES string of the molecule is COC(=O)CSCCNC(=O)[C@@H](N)Cc1ccccc1. The van der Waals surface area contributed by atoms with Gasteiger partial charge in [0.2, 0.25) is 5.91 Å². The topological polar surface area (TPSA) is 81.4 Å². The van der Waals surface area contributed by atoms with Gasteiger partial charge in [0.1, 0.15) is 0 Å². The highest BCUT2D eigenvalue weighted by Crippen LogP contribution is 2.02. The number of nitrogens with one attached hydrogen (secondary N) is 1. The molecule has 3 N–H and O–H groups in total. The van der Waals surface area contributed by atoms with Gasteiger partial charge in [0.25, 0.3) is 0 Å². The number of rotatable bonds is 8. The summed E-state index contributed by atoms with van der Waals surface area (Å²) in [6.07, 6.45) is 0.516. The first kappa shape index (κ1) is 16.5. The Balaban J connectivity index is 2.17. The van der Waals surface area contributed by atoms with Gasteiger partial charge in [-0.05, 0) is 12.0 Å². The molecule has 0 unspecified atom stereocenters. The molecule has 1 aromatic carbocycles. The van der Waals surface area contributed by atoms with Crippen LogP contribution in [0, 0.1) is 0 Å². The Morgan fingerprint density at radius 1 is 1.35 bits per heavy atom. The molecule has 0 radical (unpaired) electrons. The van der Waals surface area contributed by atoms with Crippen molar-refractivity contribution in [3.05, 3.63) is 35.9 Å². The second kappa shape index (κ2) is 9.39. The molecule has 0 spiro atoms. The summed E-state index contributed by atoms with van der Waals surface area (Å²) in [4.78, 5) is 22.6. The first-order valence-electron chi connectivity index (χ1n) is 6.35. The number of nitrogens with two attached hydrogens (primary N) is 1. The van der Waals surface area contributed by atoms with E-state index in [1.165, 1.54) is 18.9 Å². The summed E-state index contributed by atoms with van der Waals surface area (Å²) in [5, 5.41) is 2.76. The number of hydrogen-bond acceptors (Lipinski definition) is 5. The second-order valence-corrected chi connectivity index (χ2v) is 5.32. The van der Waals surface area contributed by atoms with Crippen molar-refractivity contribution in [1.29, 1.82) is 0 Å². The summed E-state index contributed by atoms with van der Waals surface area (Å²) in [5.41, 5.74) is 6.88. The molecule has 0 aliphatic carbocycles. The Bertz CT molecular complexity index is 426. The molecule has 6 heteroatoms. The van der Waals surface area contributed by atoms with E-state index in [0.717, 1.165) is 5.56 Å². The van der Waals surface area contributed by atoms with Gasteiger partial charge >= 0.3 is 5.97 Å². The highest BCUT2D eigenvalue weighted by molar-refractivity contribution is 7.99. The summed E-state index contributed by atoms with van der Waals surface area (Å²) in [5.74, 6) is 0.510. The van der Waals surface area contributed by atoms with E-state index in [-0.39, 0.29) is 11.9 Å². The maximum Gasteiger partial charge on any atom is 0.315 e. The molecule has 0 bridgehead atoms. The molecule has 20 heavy (non-hydrogen) atoms. The fourth-order valence-electron chi connectivity index (χ4n) is 1.55. The molecule has 0 fully saturated rings. The Labute approximate surface area is 123 Å². The number of ether oxygens (including phenoxy) is 1. The number of esters is 1. The Morgan fingerprint density at radius 3 is 2.70 bits per heavy atom. The molecule has 110 valence electrons. The molecule has 0 aliphatic heterocycles. The van der Waals surface area contributed by atoms with Crippen LogP contribution in [-0.2, 0) is 20.7 Å². The molecule has 5 nitrogen and oxygen atoms in total. The number of methoxy groups -OCH3 is 1. The summed E-state index contributed by atoms with van der Waals surface area (Å²) < 4.78 is 4.52. The molecule has 0 saturated heterocycles. The monoisotopic (exact) mass is 296 g/mol. The van der Waals surface area contributed by atoms with Crippen molar-refractivity contribution < 1.29 is 14.3 Å². The van der Waals surface area contributed by atoms with E-state index in [9.17, 15) is 9.59 Å². The fourth-order valence-corrected chi connectivity index (χ4v) is 2.23. The van der Waals surface area contributed by atoms with Gasteiger partial charge in [-0.2, -0.15) is 0 Å². The van der Waals surface area contributed by atoms with Gasteiger partial charge in [-0.15, -0.1) is 11.8 Å². The fraction of sp³-hybridized carbons (Fsp3) is 0.429. The van der Waals surface area contributed by atoms with Gasteiger partial charge in [-0.1, -0.05) is 30.3 Å². The quantitative estimate of drug-likeness (QED) is 0.542. The van der Waals surface area contributed by atoms with Gasteiger partial charge in [-0.3, -0.25) is 9.59 Å². The molecule has 0 aliphatic rings. The lowest BCUT2D eigenvalue weighted by Gasteiger charge is -2.12. The Hall–Kier alpha value is -1.53. The summed E-state index contributed by atoms with van der Waals surface area (Å²) >= 11 is 1.41. The Morgan fingerprint density at radius 2 is 2.05 bits per heavy atom. The number of carbonyl (C=O) groups is 2. The minimum absolute atomic E-state index is 0.174. The lowest BCUT2D eigenvalue weighted by Crippen LogP contribution is -2.42. The highest BCUT2D eigenvalue weighted by Gasteiger charge is 2.13. The third-order valence-electron chi connectivity index (χ3n) is 2.63. The van der Waals surface area contributed by atoms with Crippen molar-refractivity contribution in [1.82, 2.24) is 5.32 Å². The third-order valence-corrected chi connectivity index (χ3v) is 3.56. The molecule has 1 aromatic rings. The maximum absolute atomic E-state index is 11.8. The van der Waals surface area contributed by atoms with E-state index in [1.54, 1.807) is 0 Å². The smallest absolute Gasteiger partial charge is 0.315 e. The molecular weight excluding hydrogens is 276 g/mol. The van der Waals surface area contributed by atoms with Crippen molar-refractivity contribution in [2.24, 2.45) is 5.73 Å². The number of thioether (sulfide) groups is 1. The van der Waals surface area contributed by atoms with Crippen LogP contribution < -0.4 is 11.1 Å². The second-order valence-electron chi connectivity index (χ2n) is 4.22. The van der Waals surface area contributed by atoms with Crippen molar-refractivity contribution in [2.45, 2.75) is 12.5 Å². The van der Waals surface area contributed by atoms with Gasteiger partial charge in [0, 0.05) is 12.3 Å². The minimum atomic E-state index is -0.553. The van der Waals surface area contributed by atoms with Gasteiger partial charge in [-0.25, -0.2) is 0 Å². The average Bonchev–Trinajstić information content (AvgIpc) is 2.47. The first-order valence-corrected chi connectivity index (χ1v) is 7.50. The number of hydrogen-bond donors (Lipinski definition) is 2. The van der Waals surface area contributed by atoms with Gasteiger partial charge < -0.3 is 15.8 Å². The summed E-state index contributed by atoms with van der Waals surface area (Å²) in [6, 6.07) is 9.10. The van der Waals surface area contributed by atoms with E-state index in [1.807, 2.05) is 30.3 Å². The third kappa shape index (κ3) is 6.58. The molecular formula is C14H20N2O3S. The molecule has 1 atom stereocenters. The molecule has 0 heterocycles. The molecule has 1 amide bonds. The van der Waals surface area contributed by atoms with E-state index in [2.05, 4.69) is 10.1 Å². The molecule has 0 aromatic heterocycles. The minimum Gasteiger partial charge on any atom is -0.468 e. The van der Waals surface area contributed by atoms with Crippen LogP contribution in [0.3, 0.4) is 0 Å². The number of benzene rings is 1. The molecule has 1 rings (SSSR count). The van der Waals surface area contributed by atoms with Crippen LogP contribution in [0.15, 0.2) is 30.3 Å². The van der Waals surface area contributed by atoms with Crippen LogP contribution in [0.25, 0.3) is 0 Å². The summed E-state index contributed by atoms with van der Waals surface area (Å²) in [6.45, 7) is 0.489. The van der Waals surface area contributed by atoms with Gasteiger partial charge in [0.05, 0.1) is 18.9 Å².